The van der Waals surface area contributed by atoms with Crippen molar-refractivity contribution in [3.63, 3.8) is 0 Å². The van der Waals surface area contributed by atoms with Crippen molar-refractivity contribution < 1.29 is 14.2 Å². The third kappa shape index (κ3) is 2.94. The monoisotopic (exact) mass is 200 g/mol. The number of hydrogen-bond acceptors (Lipinski definition) is 3. The van der Waals surface area contributed by atoms with Crippen molar-refractivity contribution in [1.82, 2.24) is 0 Å². The number of ether oxygens (including phenoxy) is 3. The quantitative estimate of drug-likeness (QED) is 0.482. The van der Waals surface area contributed by atoms with E-state index in [9.17, 15) is 0 Å². The minimum atomic E-state index is 0.573. The Bertz CT molecular complexity index is 172. The molecule has 0 spiro atoms. The molecular weight excluding hydrogens is 180 g/mol. The number of hydrogen-bond donors (Lipinski definition) is 0. The molecule has 3 atom stereocenters. The van der Waals surface area contributed by atoms with Crippen molar-refractivity contribution in [3.05, 3.63) is 0 Å². The largest absolute Gasteiger partial charge is 0.379 e. The summed E-state index contributed by atoms with van der Waals surface area (Å²) < 4.78 is 16.2. The molecule has 0 N–H and O–H groups in total. The molecule has 0 aromatic rings. The molecule has 3 nitrogen and oxygen atoms in total. The Labute approximate surface area is 85.7 Å². The van der Waals surface area contributed by atoms with E-state index in [0.717, 1.165) is 32.3 Å². The molecule has 1 aliphatic heterocycles. The zero-order valence-corrected chi connectivity index (χ0v) is 8.91. The van der Waals surface area contributed by atoms with Crippen LogP contribution in [-0.2, 0) is 14.2 Å². The van der Waals surface area contributed by atoms with Crippen LogP contribution in [0.2, 0.25) is 0 Å². The SMILES string of the molecule is CCOCCOCC1CCC2OC2C1. The van der Waals surface area contributed by atoms with Gasteiger partial charge in [-0.3, -0.25) is 0 Å². The van der Waals surface area contributed by atoms with Crippen LogP contribution in [0.25, 0.3) is 0 Å². The number of epoxide rings is 1. The van der Waals surface area contributed by atoms with Gasteiger partial charge in [0.1, 0.15) is 0 Å². The van der Waals surface area contributed by atoms with E-state index in [4.69, 9.17) is 14.2 Å². The van der Waals surface area contributed by atoms with Crippen LogP contribution >= 0.6 is 0 Å². The highest BCUT2D eigenvalue weighted by Crippen LogP contribution is 2.39. The summed E-state index contributed by atoms with van der Waals surface area (Å²) in [7, 11) is 0. The average Bonchev–Trinajstić information content (AvgIpc) is 2.95. The van der Waals surface area contributed by atoms with Gasteiger partial charge in [0, 0.05) is 13.2 Å². The van der Waals surface area contributed by atoms with E-state index in [1.807, 2.05) is 6.92 Å². The van der Waals surface area contributed by atoms with Crippen LogP contribution in [0.4, 0.5) is 0 Å². The van der Waals surface area contributed by atoms with Crippen LogP contribution in [0.3, 0.4) is 0 Å². The average molecular weight is 200 g/mol. The molecule has 1 saturated heterocycles. The lowest BCUT2D eigenvalue weighted by molar-refractivity contribution is 0.0326. The zero-order valence-electron chi connectivity index (χ0n) is 8.91. The summed E-state index contributed by atoms with van der Waals surface area (Å²) >= 11 is 0. The predicted molar refractivity (Wildman–Crippen MR) is 53.3 cm³/mol. The van der Waals surface area contributed by atoms with Crippen LogP contribution < -0.4 is 0 Å². The van der Waals surface area contributed by atoms with Crippen LogP contribution in [-0.4, -0.2) is 38.6 Å². The summed E-state index contributed by atoms with van der Waals surface area (Å²) in [6.45, 7) is 5.14. The first-order valence-corrected chi connectivity index (χ1v) is 5.71. The molecule has 1 aliphatic carbocycles. The maximum atomic E-state index is 5.56. The fourth-order valence-corrected chi connectivity index (χ4v) is 2.15. The van der Waals surface area contributed by atoms with Crippen molar-refractivity contribution in [3.8, 4) is 0 Å². The maximum Gasteiger partial charge on any atom is 0.0845 e. The molecule has 2 aliphatic rings. The maximum absolute atomic E-state index is 5.56. The van der Waals surface area contributed by atoms with Gasteiger partial charge in [-0.15, -0.1) is 0 Å². The van der Waals surface area contributed by atoms with E-state index < -0.39 is 0 Å². The van der Waals surface area contributed by atoms with Crippen LogP contribution in [0.15, 0.2) is 0 Å². The predicted octanol–water partition coefficient (Wildman–Crippen LogP) is 1.61. The van der Waals surface area contributed by atoms with Gasteiger partial charge in [-0.05, 0) is 32.1 Å². The molecule has 0 amide bonds. The summed E-state index contributed by atoms with van der Waals surface area (Å²) in [4.78, 5) is 0. The molecule has 82 valence electrons. The van der Waals surface area contributed by atoms with Gasteiger partial charge in [-0.25, -0.2) is 0 Å². The van der Waals surface area contributed by atoms with Gasteiger partial charge in [0.2, 0.25) is 0 Å². The molecule has 0 bridgehead atoms. The van der Waals surface area contributed by atoms with Gasteiger partial charge < -0.3 is 14.2 Å². The highest BCUT2D eigenvalue weighted by Gasteiger charge is 2.43. The van der Waals surface area contributed by atoms with Gasteiger partial charge in [-0.1, -0.05) is 0 Å². The van der Waals surface area contributed by atoms with Crippen molar-refractivity contribution in [1.29, 1.82) is 0 Å². The molecule has 14 heavy (non-hydrogen) atoms. The van der Waals surface area contributed by atoms with Crippen molar-refractivity contribution in [2.45, 2.75) is 38.4 Å². The van der Waals surface area contributed by atoms with Gasteiger partial charge in [-0.2, -0.15) is 0 Å². The molecule has 0 radical (unpaired) electrons. The molecule has 1 heterocycles. The molecule has 2 rings (SSSR count). The summed E-state index contributed by atoms with van der Waals surface area (Å²) in [5, 5.41) is 0. The van der Waals surface area contributed by atoms with E-state index in [-0.39, 0.29) is 0 Å². The number of rotatable bonds is 6. The zero-order chi connectivity index (χ0) is 9.80. The van der Waals surface area contributed by atoms with Crippen LogP contribution in [0.5, 0.6) is 0 Å². The standard InChI is InChI=1S/C11H20O3/c1-2-12-5-6-13-8-9-3-4-10-11(7-9)14-10/h9-11H,2-8H2,1H3. The van der Waals surface area contributed by atoms with Gasteiger partial charge in [0.15, 0.2) is 0 Å². The molecular formula is C11H20O3. The third-order valence-corrected chi connectivity index (χ3v) is 3.04. The summed E-state index contributed by atoms with van der Waals surface area (Å²) in [6.07, 6.45) is 4.90. The molecule has 1 saturated carbocycles. The normalized spacial score (nSPS) is 35.4. The van der Waals surface area contributed by atoms with E-state index in [2.05, 4.69) is 0 Å². The van der Waals surface area contributed by atoms with E-state index in [0.29, 0.717) is 12.2 Å². The highest BCUT2D eigenvalue weighted by molar-refractivity contribution is 4.91. The Morgan fingerprint density at radius 2 is 2.00 bits per heavy atom. The summed E-state index contributed by atoms with van der Waals surface area (Å²) in [6, 6.07) is 0. The lowest BCUT2D eigenvalue weighted by Crippen LogP contribution is -2.19. The highest BCUT2D eigenvalue weighted by atomic mass is 16.6. The second-order valence-electron chi connectivity index (χ2n) is 4.16. The minimum Gasteiger partial charge on any atom is -0.379 e. The molecule has 2 fully saturated rings. The molecule has 0 aromatic carbocycles. The van der Waals surface area contributed by atoms with E-state index >= 15 is 0 Å². The fourth-order valence-electron chi connectivity index (χ4n) is 2.15. The van der Waals surface area contributed by atoms with Crippen LogP contribution in [0.1, 0.15) is 26.2 Å². The Kier molecular flexibility index (Phi) is 3.79. The van der Waals surface area contributed by atoms with E-state index in [1.54, 1.807) is 0 Å². The first kappa shape index (κ1) is 10.4. The Hall–Kier alpha value is -0.120. The first-order valence-electron chi connectivity index (χ1n) is 5.71. The topological polar surface area (TPSA) is 31.0 Å². The smallest absolute Gasteiger partial charge is 0.0845 e. The van der Waals surface area contributed by atoms with Gasteiger partial charge in [0.25, 0.3) is 0 Å². The second-order valence-corrected chi connectivity index (χ2v) is 4.16. The Balaban J connectivity index is 1.48. The lowest BCUT2D eigenvalue weighted by atomic mass is 9.90. The van der Waals surface area contributed by atoms with Crippen molar-refractivity contribution in [2.24, 2.45) is 5.92 Å². The fraction of sp³-hybridized carbons (Fsp3) is 1.00. The minimum absolute atomic E-state index is 0.573. The third-order valence-electron chi connectivity index (χ3n) is 3.04. The van der Waals surface area contributed by atoms with E-state index in [1.165, 1.54) is 19.3 Å². The van der Waals surface area contributed by atoms with Gasteiger partial charge in [0.05, 0.1) is 25.4 Å². The summed E-state index contributed by atoms with van der Waals surface area (Å²) in [5.74, 6) is 0.723. The first-order chi connectivity index (χ1) is 6.90. The Morgan fingerprint density at radius 3 is 2.79 bits per heavy atom. The summed E-state index contributed by atoms with van der Waals surface area (Å²) in [5.41, 5.74) is 0. The van der Waals surface area contributed by atoms with Crippen molar-refractivity contribution >= 4 is 0 Å². The van der Waals surface area contributed by atoms with Gasteiger partial charge >= 0.3 is 0 Å². The Morgan fingerprint density at radius 1 is 1.14 bits per heavy atom. The molecule has 0 aromatic heterocycles. The molecule has 3 heteroatoms. The molecule has 3 unspecified atom stereocenters. The number of fused-ring (bicyclic) bond motifs is 1. The lowest BCUT2D eigenvalue weighted by Gasteiger charge is -2.18. The van der Waals surface area contributed by atoms with Crippen molar-refractivity contribution in [2.75, 3.05) is 26.4 Å². The van der Waals surface area contributed by atoms with Crippen LogP contribution in [0, 0.1) is 5.92 Å². The second kappa shape index (κ2) is 5.10.